The Morgan fingerprint density at radius 2 is 0.610 bits per heavy atom. The van der Waals surface area contributed by atoms with E-state index in [1.54, 1.807) is 11.3 Å². The van der Waals surface area contributed by atoms with Crippen molar-refractivity contribution in [1.29, 1.82) is 0 Å². The zero-order valence-corrected chi connectivity index (χ0v) is 66.2. The molecule has 27 aromatic rings. The molecule has 0 amide bonds. The molecule has 27 rings (SSSR count). The first-order chi connectivity index (χ1) is 60.9. The molecule has 13 heteroatoms. The lowest BCUT2D eigenvalue weighted by Crippen LogP contribution is -2.04. The highest BCUT2D eigenvalue weighted by atomic mass is 32.1. The van der Waals surface area contributed by atoms with Gasteiger partial charge in [-0.1, -0.05) is 224 Å². The van der Waals surface area contributed by atoms with Crippen molar-refractivity contribution >= 4 is 184 Å². The Labute approximate surface area is 703 Å². The molecular weight excluding hydrogens is 1530 g/mol. The summed E-state index contributed by atoms with van der Waals surface area (Å²) in [5, 5.41) is 19.5. The fraction of sp³-hybridized carbons (Fsp3) is 0. The molecule has 0 N–H and O–H groups in total. The SMILES string of the molecule is c1ccc(-c2nc(-c3cc4oc5cc(-c6cccc7c6sc6ccc(-c8nc(-c9ccc%10oc%11ccccc%11c%10c9)nc(-c9cc%10oc%11ccccc%11c%10cc9-n9c%10ccccc%10c%10cc%11ccccc%11cc%109)n8)cc67)ccc5c4cc3-n3c4ccccc4c4cc5ccccc5cc43)nc(-c3cccc4c5ccccc5n(-c5ccccc5)c34)n2)cc1. The maximum absolute atomic E-state index is 7.33. The van der Waals surface area contributed by atoms with E-state index in [4.69, 9.17) is 43.2 Å². The highest BCUT2D eigenvalue weighted by molar-refractivity contribution is 7.26. The van der Waals surface area contributed by atoms with Gasteiger partial charge in [-0.25, -0.2) is 29.9 Å². The molecule has 570 valence electrons. The number of hydrogen-bond acceptors (Lipinski definition) is 10. The van der Waals surface area contributed by atoms with Gasteiger partial charge in [0.25, 0.3) is 0 Å². The van der Waals surface area contributed by atoms with Crippen molar-refractivity contribution in [3.8, 4) is 96.5 Å². The fourth-order valence-corrected chi connectivity index (χ4v) is 20.7. The number of aromatic nitrogens is 9. The summed E-state index contributed by atoms with van der Waals surface area (Å²) < 4.78 is 30.0. The van der Waals surface area contributed by atoms with Crippen LogP contribution in [0.15, 0.2) is 383 Å². The predicted molar refractivity (Wildman–Crippen MR) is 504 cm³/mol. The first-order valence-electron chi connectivity index (χ1n) is 41.3. The molecule has 0 bridgehead atoms. The van der Waals surface area contributed by atoms with Crippen molar-refractivity contribution in [2.45, 2.75) is 0 Å². The summed E-state index contributed by atoms with van der Waals surface area (Å²) in [6.45, 7) is 0. The molecule has 0 saturated heterocycles. The van der Waals surface area contributed by atoms with Crippen LogP contribution >= 0.6 is 11.3 Å². The van der Waals surface area contributed by atoms with E-state index in [9.17, 15) is 0 Å². The molecule has 0 radical (unpaired) electrons. The molecule has 0 atom stereocenters. The Morgan fingerprint density at radius 3 is 1.22 bits per heavy atom. The highest BCUT2D eigenvalue weighted by Gasteiger charge is 2.29. The van der Waals surface area contributed by atoms with Crippen LogP contribution in [-0.4, -0.2) is 43.6 Å². The van der Waals surface area contributed by atoms with Gasteiger partial charge in [0, 0.05) is 124 Å². The van der Waals surface area contributed by atoms with E-state index < -0.39 is 0 Å². The number of para-hydroxylation sites is 7. The standard InChI is InChI=1S/C110H61N9O3S/c1-3-23-62(24-4-1)105-112-108(80-39-22-37-78-72-31-11-16-40-89(72)117(103(78)80)70-29-5-2-6-30-70)116-110(113-105)88-61-101-85(59-95(88)119-91-42-18-13-33-74(91)82-52-64-26-8-10-28-66(64)56-93(82)119)77-48-45-67(57-99(77)122-101)71-36-21-38-79-86-54-69(47-50-102(86)123-104(71)79)107-111-106(68-46-49-98-83(53-68)75-34-14-19-43-96(75)120-98)114-109(115-107)87-60-100-84(76-35-15-20-44-97(76)121-100)58-94(87)118-90-41-17-12-32-73(90)81-51-63-25-7-9-27-65(63)55-92(81)118/h1-61H. The normalized spacial score (nSPS) is 12.2. The van der Waals surface area contributed by atoms with Crippen molar-refractivity contribution in [2.24, 2.45) is 0 Å². The van der Waals surface area contributed by atoms with Crippen LogP contribution in [0.1, 0.15) is 0 Å². The van der Waals surface area contributed by atoms with Gasteiger partial charge in [-0.2, -0.15) is 0 Å². The van der Waals surface area contributed by atoms with E-state index in [1.165, 1.54) is 10.8 Å². The van der Waals surface area contributed by atoms with E-state index in [-0.39, 0.29) is 0 Å². The number of furan rings is 3. The minimum absolute atomic E-state index is 0.494. The van der Waals surface area contributed by atoms with Crippen LogP contribution in [0, 0.1) is 0 Å². The number of thiophene rings is 1. The van der Waals surface area contributed by atoms with E-state index in [0.717, 1.165) is 218 Å². The molecule has 9 heterocycles. The van der Waals surface area contributed by atoms with Crippen LogP contribution < -0.4 is 0 Å². The summed E-state index contributed by atoms with van der Waals surface area (Å²) in [6.07, 6.45) is 0. The zero-order valence-electron chi connectivity index (χ0n) is 65.4. The number of nitrogens with zero attached hydrogens (tertiary/aromatic N) is 9. The summed E-state index contributed by atoms with van der Waals surface area (Å²) in [4.78, 5) is 33.5. The van der Waals surface area contributed by atoms with Gasteiger partial charge in [0.2, 0.25) is 0 Å². The molecule has 123 heavy (non-hydrogen) atoms. The molecule has 0 fully saturated rings. The molecular formula is C110H61N9O3S. The Kier molecular flexibility index (Phi) is 14.3. The van der Waals surface area contributed by atoms with Crippen molar-refractivity contribution in [3.63, 3.8) is 0 Å². The van der Waals surface area contributed by atoms with Gasteiger partial charge < -0.3 is 27.0 Å². The summed E-state index contributed by atoms with van der Waals surface area (Å²) in [7, 11) is 0. The number of rotatable bonds is 10. The van der Waals surface area contributed by atoms with Gasteiger partial charge in [-0.3, -0.25) is 0 Å². The van der Waals surface area contributed by atoms with E-state index >= 15 is 0 Å². The molecule has 0 aliphatic carbocycles. The lowest BCUT2D eigenvalue weighted by atomic mass is 10.00. The minimum Gasteiger partial charge on any atom is -0.456 e. The Bertz CT molecular complexity index is 9250. The van der Waals surface area contributed by atoms with Crippen LogP contribution in [0.25, 0.3) is 269 Å². The first kappa shape index (κ1) is 67.5. The lowest BCUT2D eigenvalue weighted by molar-refractivity contribution is 0.668. The Morgan fingerprint density at radius 1 is 0.203 bits per heavy atom. The molecule has 0 saturated carbocycles. The lowest BCUT2D eigenvalue weighted by Gasteiger charge is -2.16. The van der Waals surface area contributed by atoms with Gasteiger partial charge in [0.15, 0.2) is 34.9 Å². The predicted octanol–water partition coefficient (Wildman–Crippen LogP) is 29.4. The van der Waals surface area contributed by atoms with E-state index in [1.807, 2.05) is 54.6 Å². The average Bonchev–Trinajstić information content (AvgIpc) is 1.58. The smallest absolute Gasteiger partial charge is 0.166 e. The van der Waals surface area contributed by atoms with Crippen molar-refractivity contribution < 1.29 is 13.3 Å². The van der Waals surface area contributed by atoms with Crippen LogP contribution in [0.5, 0.6) is 0 Å². The van der Waals surface area contributed by atoms with Crippen LogP contribution in [0.2, 0.25) is 0 Å². The third kappa shape index (κ3) is 10.3. The number of fused-ring (bicyclic) bond motifs is 23. The van der Waals surface area contributed by atoms with Crippen LogP contribution in [0.4, 0.5) is 0 Å². The van der Waals surface area contributed by atoms with Gasteiger partial charge in [-0.05, 0) is 178 Å². The molecule has 0 spiro atoms. The van der Waals surface area contributed by atoms with Crippen molar-refractivity contribution in [3.05, 3.63) is 370 Å². The van der Waals surface area contributed by atoms with Gasteiger partial charge >= 0.3 is 0 Å². The maximum atomic E-state index is 7.33. The molecule has 12 nitrogen and oxygen atoms in total. The fourth-order valence-electron chi connectivity index (χ4n) is 19.5. The minimum atomic E-state index is 0.494. The first-order valence-corrected chi connectivity index (χ1v) is 42.1. The van der Waals surface area contributed by atoms with Crippen LogP contribution in [0.3, 0.4) is 0 Å². The summed E-state index contributed by atoms with van der Waals surface area (Å²) in [6, 6.07) is 131. The van der Waals surface area contributed by atoms with E-state index in [2.05, 4.69) is 329 Å². The van der Waals surface area contributed by atoms with Gasteiger partial charge in [-0.15, -0.1) is 11.3 Å². The molecule has 18 aromatic carbocycles. The van der Waals surface area contributed by atoms with E-state index in [0.29, 0.717) is 40.5 Å². The average molecular weight is 1590 g/mol. The zero-order chi connectivity index (χ0) is 80.2. The second-order valence-electron chi connectivity index (χ2n) is 32.0. The highest BCUT2D eigenvalue weighted by Crippen LogP contribution is 2.49. The largest absolute Gasteiger partial charge is 0.456 e. The third-order valence-electron chi connectivity index (χ3n) is 25.1. The van der Waals surface area contributed by atoms with Crippen molar-refractivity contribution in [2.75, 3.05) is 0 Å². The van der Waals surface area contributed by atoms with Gasteiger partial charge in [0.1, 0.15) is 33.5 Å². The quantitative estimate of drug-likeness (QED) is 0.131. The molecule has 0 unspecified atom stereocenters. The third-order valence-corrected chi connectivity index (χ3v) is 26.3. The van der Waals surface area contributed by atoms with Crippen molar-refractivity contribution in [1.82, 2.24) is 43.6 Å². The molecule has 9 aromatic heterocycles. The second kappa shape index (κ2) is 26.0. The number of hydrogen-bond donors (Lipinski definition) is 0. The Hall–Kier alpha value is -16.5. The summed E-state index contributed by atoms with van der Waals surface area (Å²) in [5.41, 5.74) is 20.8. The monoisotopic (exact) mass is 1590 g/mol. The molecule has 0 aliphatic heterocycles. The molecule has 0 aliphatic rings. The number of benzene rings is 18. The maximum Gasteiger partial charge on any atom is 0.166 e. The van der Waals surface area contributed by atoms with Crippen LogP contribution in [-0.2, 0) is 0 Å². The topological polar surface area (TPSA) is 132 Å². The summed E-state index contributed by atoms with van der Waals surface area (Å²) in [5.74, 6) is 3.12. The second-order valence-corrected chi connectivity index (χ2v) is 33.0. The summed E-state index contributed by atoms with van der Waals surface area (Å²) >= 11 is 1.78. The van der Waals surface area contributed by atoms with Gasteiger partial charge in [0.05, 0.1) is 44.5 Å². The Balaban J connectivity index is 0.641.